The number of rotatable bonds is 10. The summed E-state index contributed by atoms with van der Waals surface area (Å²) in [5.41, 5.74) is 0. The number of nitrogens with one attached hydrogen (secondary N) is 2. The number of nitrogens with zero attached hydrogens (tertiary/aromatic N) is 1. The molecule has 2 N–H and O–H groups in total. The lowest BCUT2D eigenvalue weighted by molar-refractivity contribution is -0.139. The summed E-state index contributed by atoms with van der Waals surface area (Å²) in [6.07, 6.45) is 5.55. The SMILES string of the molecule is CCC.CCC1CC(=O)N(CCC(=O)NCCCCCNC)C1=O. The molecule has 1 aliphatic rings. The van der Waals surface area contributed by atoms with Crippen molar-refractivity contribution in [2.45, 2.75) is 65.7 Å². The minimum atomic E-state index is -0.187. The first kappa shape index (κ1) is 22.6. The molecule has 1 rings (SSSR count). The highest BCUT2D eigenvalue weighted by molar-refractivity contribution is 6.03. The van der Waals surface area contributed by atoms with Crippen LogP contribution in [-0.4, -0.2) is 49.3 Å². The Hall–Kier alpha value is -1.43. The van der Waals surface area contributed by atoms with Crippen LogP contribution in [0.15, 0.2) is 0 Å². The summed E-state index contributed by atoms with van der Waals surface area (Å²) in [5, 5.41) is 5.91. The molecule has 1 atom stereocenters. The van der Waals surface area contributed by atoms with Gasteiger partial charge in [-0.2, -0.15) is 0 Å². The van der Waals surface area contributed by atoms with Crippen molar-refractivity contribution in [2.75, 3.05) is 26.7 Å². The molecule has 140 valence electrons. The van der Waals surface area contributed by atoms with E-state index in [0.717, 1.165) is 25.8 Å². The molecule has 1 unspecified atom stereocenters. The topological polar surface area (TPSA) is 78.5 Å². The van der Waals surface area contributed by atoms with E-state index in [9.17, 15) is 14.4 Å². The van der Waals surface area contributed by atoms with E-state index < -0.39 is 0 Å². The lowest BCUT2D eigenvalue weighted by Gasteiger charge is -2.14. The number of likely N-dealkylation sites (tertiary alicyclic amines) is 1. The standard InChI is InChI=1S/C15H27N3O3.C3H8/c1-3-12-11-14(20)18(15(12)21)10-7-13(19)17-9-6-4-5-8-16-2;1-3-2/h12,16H,3-11H2,1-2H3,(H,17,19);3H2,1-2H3. The molecule has 0 radical (unpaired) electrons. The second-order valence-corrected chi connectivity index (χ2v) is 6.16. The first-order valence-electron chi connectivity index (χ1n) is 9.27. The predicted molar refractivity (Wildman–Crippen MR) is 96.5 cm³/mol. The van der Waals surface area contributed by atoms with Crippen LogP contribution in [0.4, 0.5) is 0 Å². The normalized spacial score (nSPS) is 16.8. The third-order valence-electron chi connectivity index (χ3n) is 3.82. The van der Waals surface area contributed by atoms with Gasteiger partial charge in [0.1, 0.15) is 0 Å². The van der Waals surface area contributed by atoms with Gasteiger partial charge in [-0.1, -0.05) is 33.6 Å². The summed E-state index contributed by atoms with van der Waals surface area (Å²) >= 11 is 0. The Labute approximate surface area is 146 Å². The van der Waals surface area contributed by atoms with E-state index >= 15 is 0 Å². The first-order valence-corrected chi connectivity index (χ1v) is 9.27. The summed E-state index contributed by atoms with van der Waals surface area (Å²) in [4.78, 5) is 36.5. The molecular weight excluding hydrogens is 306 g/mol. The number of hydrogen-bond acceptors (Lipinski definition) is 4. The van der Waals surface area contributed by atoms with Crippen LogP contribution in [0.2, 0.25) is 0 Å². The van der Waals surface area contributed by atoms with Crippen LogP contribution in [0, 0.1) is 5.92 Å². The van der Waals surface area contributed by atoms with Crippen molar-refractivity contribution < 1.29 is 14.4 Å². The third-order valence-corrected chi connectivity index (χ3v) is 3.82. The van der Waals surface area contributed by atoms with E-state index in [1.54, 1.807) is 0 Å². The van der Waals surface area contributed by atoms with Gasteiger partial charge in [0.2, 0.25) is 17.7 Å². The molecule has 1 saturated heterocycles. The third kappa shape index (κ3) is 9.01. The Morgan fingerprint density at radius 2 is 1.75 bits per heavy atom. The zero-order chi connectivity index (χ0) is 18.4. The minimum absolute atomic E-state index is 0.0934. The van der Waals surface area contributed by atoms with Crippen molar-refractivity contribution in [1.82, 2.24) is 15.5 Å². The van der Waals surface area contributed by atoms with Gasteiger partial charge in [0.25, 0.3) is 0 Å². The van der Waals surface area contributed by atoms with Crippen LogP contribution in [0.25, 0.3) is 0 Å². The fourth-order valence-corrected chi connectivity index (χ4v) is 2.44. The van der Waals surface area contributed by atoms with Crippen LogP contribution in [0.5, 0.6) is 0 Å². The number of amides is 3. The van der Waals surface area contributed by atoms with Gasteiger partial charge in [-0.05, 0) is 32.9 Å². The lowest BCUT2D eigenvalue weighted by atomic mass is 10.1. The van der Waals surface area contributed by atoms with Crippen LogP contribution in [0.1, 0.15) is 65.7 Å². The Morgan fingerprint density at radius 1 is 1.12 bits per heavy atom. The molecule has 0 aromatic carbocycles. The average molecular weight is 341 g/mol. The first-order chi connectivity index (χ1) is 11.5. The van der Waals surface area contributed by atoms with Crippen molar-refractivity contribution >= 4 is 17.7 Å². The Balaban J connectivity index is 0.00000163. The Kier molecular flexibility index (Phi) is 13.1. The van der Waals surface area contributed by atoms with Gasteiger partial charge in [0, 0.05) is 31.8 Å². The van der Waals surface area contributed by atoms with Crippen molar-refractivity contribution in [3.8, 4) is 0 Å². The predicted octanol–water partition coefficient (Wildman–Crippen LogP) is 2.08. The van der Waals surface area contributed by atoms with Gasteiger partial charge in [0.15, 0.2) is 0 Å². The van der Waals surface area contributed by atoms with Crippen LogP contribution in [0.3, 0.4) is 0 Å². The van der Waals surface area contributed by atoms with Crippen molar-refractivity contribution in [1.29, 1.82) is 0 Å². The fourth-order valence-electron chi connectivity index (χ4n) is 2.44. The monoisotopic (exact) mass is 341 g/mol. The van der Waals surface area contributed by atoms with Gasteiger partial charge < -0.3 is 10.6 Å². The van der Waals surface area contributed by atoms with Gasteiger partial charge in [-0.3, -0.25) is 19.3 Å². The van der Waals surface area contributed by atoms with E-state index in [-0.39, 0.29) is 36.6 Å². The molecule has 0 aromatic rings. The smallest absolute Gasteiger partial charge is 0.232 e. The number of unbranched alkanes of at least 4 members (excludes halogenated alkanes) is 2. The molecule has 0 aromatic heterocycles. The van der Waals surface area contributed by atoms with Gasteiger partial charge in [-0.25, -0.2) is 0 Å². The number of hydrogen-bond donors (Lipinski definition) is 2. The molecule has 0 spiro atoms. The Morgan fingerprint density at radius 3 is 2.29 bits per heavy atom. The van der Waals surface area contributed by atoms with Gasteiger partial charge in [-0.15, -0.1) is 0 Å². The molecule has 1 fully saturated rings. The molecule has 0 saturated carbocycles. The number of imide groups is 1. The van der Waals surface area contributed by atoms with Crippen molar-refractivity contribution in [2.24, 2.45) is 5.92 Å². The van der Waals surface area contributed by atoms with Crippen LogP contribution in [-0.2, 0) is 14.4 Å². The second kappa shape index (κ2) is 14.0. The maximum Gasteiger partial charge on any atom is 0.232 e. The van der Waals surface area contributed by atoms with E-state index in [2.05, 4.69) is 24.5 Å². The molecular formula is C18H35N3O3. The summed E-state index contributed by atoms with van der Waals surface area (Å²) < 4.78 is 0. The van der Waals surface area contributed by atoms with E-state index in [4.69, 9.17) is 0 Å². The summed E-state index contributed by atoms with van der Waals surface area (Å²) in [6.45, 7) is 8.01. The van der Waals surface area contributed by atoms with E-state index in [1.807, 2.05) is 14.0 Å². The molecule has 3 amide bonds. The molecule has 1 aliphatic heterocycles. The molecule has 0 aliphatic carbocycles. The lowest BCUT2D eigenvalue weighted by Crippen LogP contribution is -2.35. The van der Waals surface area contributed by atoms with E-state index in [1.165, 1.54) is 11.3 Å². The van der Waals surface area contributed by atoms with Gasteiger partial charge in [0.05, 0.1) is 0 Å². The highest BCUT2D eigenvalue weighted by atomic mass is 16.2. The van der Waals surface area contributed by atoms with Gasteiger partial charge >= 0.3 is 0 Å². The highest BCUT2D eigenvalue weighted by Crippen LogP contribution is 2.22. The maximum atomic E-state index is 11.9. The quantitative estimate of drug-likeness (QED) is 0.471. The fraction of sp³-hybridized carbons (Fsp3) is 0.833. The second-order valence-electron chi connectivity index (χ2n) is 6.16. The summed E-state index contributed by atoms with van der Waals surface area (Å²) in [5.74, 6) is -0.550. The van der Waals surface area contributed by atoms with Crippen molar-refractivity contribution in [3.63, 3.8) is 0 Å². The largest absolute Gasteiger partial charge is 0.356 e. The molecule has 0 bridgehead atoms. The van der Waals surface area contributed by atoms with E-state index in [0.29, 0.717) is 19.4 Å². The van der Waals surface area contributed by atoms with Crippen LogP contribution >= 0.6 is 0 Å². The van der Waals surface area contributed by atoms with Crippen molar-refractivity contribution in [3.05, 3.63) is 0 Å². The number of carbonyl (C=O) groups excluding carboxylic acids is 3. The van der Waals surface area contributed by atoms with Crippen LogP contribution < -0.4 is 10.6 Å². The Bertz CT molecular complexity index is 386. The summed E-state index contributed by atoms with van der Waals surface area (Å²) in [7, 11) is 1.92. The number of carbonyl (C=O) groups is 3. The zero-order valence-corrected chi connectivity index (χ0v) is 15.8. The molecule has 6 heteroatoms. The molecule has 1 heterocycles. The zero-order valence-electron chi connectivity index (χ0n) is 15.8. The average Bonchev–Trinajstić information content (AvgIpc) is 2.83. The minimum Gasteiger partial charge on any atom is -0.356 e. The highest BCUT2D eigenvalue weighted by Gasteiger charge is 2.36. The molecule has 6 nitrogen and oxygen atoms in total. The maximum absolute atomic E-state index is 11.9. The molecule has 24 heavy (non-hydrogen) atoms. The summed E-state index contributed by atoms with van der Waals surface area (Å²) in [6, 6.07) is 0.